The van der Waals surface area contributed by atoms with E-state index < -0.39 is 0 Å². The molecule has 92 valence electrons. The molecule has 1 heteroatoms. The van der Waals surface area contributed by atoms with Gasteiger partial charge in [0.05, 0.1) is 6.10 Å². The summed E-state index contributed by atoms with van der Waals surface area (Å²) >= 11 is 0. The molecule has 0 heterocycles. The Balaban J connectivity index is 2.81. The second-order valence-electron chi connectivity index (χ2n) is 5.54. The van der Waals surface area contributed by atoms with Crippen molar-refractivity contribution in [2.24, 2.45) is 11.8 Å². The maximum atomic E-state index is 10.2. The van der Waals surface area contributed by atoms with E-state index >= 15 is 0 Å². The van der Waals surface area contributed by atoms with Gasteiger partial charge < -0.3 is 5.11 Å². The summed E-state index contributed by atoms with van der Waals surface area (Å²) in [6, 6.07) is 0. The topological polar surface area (TPSA) is 20.2 Å². The van der Waals surface area contributed by atoms with Crippen molar-refractivity contribution in [3.8, 4) is 0 Å². The van der Waals surface area contributed by atoms with Crippen LogP contribution in [0.2, 0.25) is 0 Å². The van der Waals surface area contributed by atoms with Gasteiger partial charge in [0.2, 0.25) is 0 Å². The fraction of sp³-hybridized carbons (Fsp3) is 0.733. The fourth-order valence-corrected chi connectivity index (χ4v) is 2.44. The van der Waals surface area contributed by atoms with E-state index in [1.165, 1.54) is 11.1 Å². The number of hydrogen-bond donors (Lipinski definition) is 1. The Labute approximate surface area is 100 Å². The molecule has 0 aromatic heterocycles. The van der Waals surface area contributed by atoms with Crippen molar-refractivity contribution in [2.75, 3.05) is 0 Å². The lowest BCUT2D eigenvalue weighted by Gasteiger charge is -2.26. The summed E-state index contributed by atoms with van der Waals surface area (Å²) in [6.07, 6.45) is 8.60. The molecule has 0 aromatic carbocycles. The van der Waals surface area contributed by atoms with E-state index in [9.17, 15) is 5.11 Å². The van der Waals surface area contributed by atoms with Crippen molar-refractivity contribution in [1.29, 1.82) is 0 Å². The van der Waals surface area contributed by atoms with E-state index in [0.717, 1.165) is 25.7 Å². The SMILES string of the molecule is C/C1=C\[C@H](O)[C@H](C(C)C)CC/C(C)=C/CC1. The molecule has 0 aliphatic heterocycles. The van der Waals surface area contributed by atoms with Crippen molar-refractivity contribution in [2.45, 2.75) is 59.5 Å². The Morgan fingerprint density at radius 3 is 2.50 bits per heavy atom. The van der Waals surface area contributed by atoms with Crippen molar-refractivity contribution in [3.63, 3.8) is 0 Å². The Kier molecular flexibility index (Phi) is 5.27. The van der Waals surface area contributed by atoms with Crippen LogP contribution in [0.3, 0.4) is 0 Å². The molecule has 1 aliphatic carbocycles. The number of allylic oxidation sites excluding steroid dienone is 3. The summed E-state index contributed by atoms with van der Waals surface area (Å²) in [5, 5.41) is 10.2. The molecule has 1 rings (SSSR count). The van der Waals surface area contributed by atoms with Gasteiger partial charge in [-0.2, -0.15) is 0 Å². The molecule has 1 aliphatic rings. The summed E-state index contributed by atoms with van der Waals surface area (Å²) in [5.74, 6) is 0.947. The molecule has 0 fully saturated rings. The van der Waals surface area contributed by atoms with Crippen LogP contribution in [-0.2, 0) is 0 Å². The second kappa shape index (κ2) is 6.24. The van der Waals surface area contributed by atoms with Gasteiger partial charge in [-0.15, -0.1) is 0 Å². The lowest BCUT2D eigenvalue weighted by molar-refractivity contribution is 0.115. The fourth-order valence-electron chi connectivity index (χ4n) is 2.44. The first kappa shape index (κ1) is 13.5. The Morgan fingerprint density at radius 1 is 1.19 bits per heavy atom. The highest BCUT2D eigenvalue weighted by molar-refractivity contribution is 5.08. The summed E-state index contributed by atoms with van der Waals surface area (Å²) in [5.41, 5.74) is 2.80. The third-order valence-corrected chi connectivity index (χ3v) is 3.65. The van der Waals surface area contributed by atoms with E-state index in [4.69, 9.17) is 0 Å². The van der Waals surface area contributed by atoms with Gasteiger partial charge in [-0.1, -0.05) is 37.1 Å². The molecule has 2 atom stereocenters. The van der Waals surface area contributed by atoms with Crippen LogP contribution in [0.5, 0.6) is 0 Å². The predicted octanol–water partition coefficient (Wildman–Crippen LogP) is 4.09. The van der Waals surface area contributed by atoms with Crippen LogP contribution < -0.4 is 0 Å². The predicted molar refractivity (Wildman–Crippen MR) is 70.3 cm³/mol. The molecule has 0 amide bonds. The van der Waals surface area contributed by atoms with E-state index in [2.05, 4.69) is 39.8 Å². The first-order valence-corrected chi connectivity index (χ1v) is 6.51. The first-order chi connectivity index (χ1) is 7.50. The van der Waals surface area contributed by atoms with Crippen LogP contribution in [0.4, 0.5) is 0 Å². The Hall–Kier alpha value is -0.560. The highest BCUT2D eigenvalue weighted by atomic mass is 16.3. The maximum Gasteiger partial charge on any atom is 0.0754 e. The largest absolute Gasteiger partial charge is 0.389 e. The molecule has 1 N–H and O–H groups in total. The zero-order valence-electron chi connectivity index (χ0n) is 11.2. The van der Waals surface area contributed by atoms with Gasteiger partial charge in [-0.25, -0.2) is 0 Å². The molecule has 0 aromatic rings. The standard InChI is InChI=1S/C15H26O/c1-11(2)14-9-8-12(3)6-5-7-13(4)10-15(14)16/h6,10-11,14-16H,5,7-9H2,1-4H3/b12-6+,13-10+/t14-,15-/m0/s1. The highest BCUT2D eigenvalue weighted by Gasteiger charge is 2.21. The molecular formula is C15H26O. The van der Waals surface area contributed by atoms with E-state index in [1.54, 1.807) is 0 Å². The quantitative estimate of drug-likeness (QED) is 0.663. The molecule has 0 unspecified atom stereocenters. The average Bonchev–Trinajstić information content (AvgIpc) is 2.16. The molecule has 0 saturated carbocycles. The minimum absolute atomic E-state index is 0.258. The van der Waals surface area contributed by atoms with Crippen molar-refractivity contribution >= 4 is 0 Å². The monoisotopic (exact) mass is 222 g/mol. The van der Waals surface area contributed by atoms with Gasteiger partial charge in [0.1, 0.15) is 0 Å². The molecule has 16 heavy (non-hydrogen) atoms. The summed E-state index contributed by atoms with van der Waals surface area (Å²) < 4.78 is 0. The molecule has 0 bridgehead atoms. The maximum absolute atomic E-state index is 10.2. The molecule has 0 radical (unpaired) electrons. The second-order valence-corrected chi connectivity index (χ2v) is 5.54. The van der Waals surface area contributed by atoms with E-state index in [1.807, 2.05) is 0 Å². The van der Waals surface area contributed by atoms with Crippen molar-refractivity contribution in [1.82, 2.24) is 0 Å². The van der Waals surface area contributed by atoms with Gasteiger partial charge in [0, 0.05) is 0 Å². The van der Waals surface area contributed by atoms with Gasteiger partial charge in [0.15, 0.2) is 0 Å². The van der Waals surface area contributed by atoms with Crippen molar-refractivity contribution in [3.05, 3.63) is 23.3 Å². The number of aliphatic hydroxyl groups is 1. The van der Waals surface area contributed by atoms with Crippen LogP contribution in [0.25, 0.3) is 0 Å². The van der Waals surface area contributed by atoms with Gasteiger partial charge in [0.25, 0.3) is 0 Å². The van der Waals surface area contributed by atoms with Gasteiger partial charge >= 0.3 is 0 Å². The minimum Gasteiger partial charge on any atom is -0.389 e. The number of hydrogen-bond acceptors (Lipinski definition) is 1. The summed E-state index contributed by atoms with van der Waals surface area (Å²) in [6.45, 7) is 8.76. The molecule has 0 saturated heterocycles. The lowest BCUT2D eigenvalue weighted by atomic mass is 9.83. The number of aliphatic hydroxyl groups excluding tert-OH is 1. The number of rotatable bonds is 1. The van der Waals surface area contributed by atoms with Crippen LogP contribution in [0.15, 0.2) is 23.3 Å². The Bertz CT molecular complexity index is 273. The van der Waals surface area contributed by atoms with Crippen LogP contribution in [-0.4, -0.2) is 11.2 Å². The third-order valence-electron chi connectivity index (χ3n) is 3.65. The zero-order valence-corrected chi connectivity index (χ0v) is 11.2. The lowest BCUT2D eigenvalue weighted by Crippen LogP contribution is -2.24. The smallest absolute Gasteiger partial charge is 0.0754 e. The minimum atomic E-state index is -0.258. The molecule has 1 nitrogen and oxygen atoms in total. The first-order valence-electron chi connectivity index (χ1n) is 6.51. The van der Waals surface area contributed by atoms with Crippen molar-refractivity contribution < 1.29 is 5.11 Å². The zero-order chi connectivity index (χ0) is 12.1. The molecule has 0 spiro atoms. The van der Waals surface area contributed by atoms with Crippen LogP contribution >= 0.6 is 0 Å². The van der Waals surface area contributed by atoms with Crippen LogP contribution in [0, 0.1) is 11.8 Å². The molecular weight excluding hydrogens is 196 g/mol. The summed E-state index contributed by atoms with van der Waals surface area (Å²) in [7, 11) is 0. The normalized spacial score (nSPS) is 35.1. The average molecular weight is 222 g/mol. The third kappa shape index (κ3) is 4.13. The van der Waals surface area contributed by atoms with Gasteiger partial charge in [-0.3, -0.25) is 0 Å². The summed E-state index contributed by atoms with van der Waals surface area (Å²) in [4.78, 5) is 0. The van der Waals surface area contributed by atoms with E-state index in [-0.39, 0.29) is 6.10 Å². The van der Waals surface area contributed by atoms with Crippen LogP contribution in [0.1, 0.15) is 53.4 Å². The van der Waals surface area contributed by atoms with E-state index in [0.29, 0.717) is 11.8 Å². The van der Waals surface area contributed by atoms with Gasteiger partial charge in [-0.05, 0) is 51.4 Å². The highest BCUT2D eigenvalue weighted by Crippen LogP contribution is 2.26. The Morgan fingerprint density at radius 2 is 1.88 bits per heavy atom.